The van der Waals surface area contributed by atoms with Crippen LogP contribution < -0.4 is 21.7 Å². The Labute approximate surface area is 159 Å². The smallest absolute Gasteiger partial charge is 0.239 e. The zero-order valence-electron chi connectivity index (χ0n) is 15.3. The maximum Gasteiger partial charge on any atom is 0.239 e. The van der Waals surface area contributed by atoms with Gasteiger partial charge in [0.15, 0.2) is 0 Å². The molecule has 1 aliphatic rings. The molecule has 0 aliphatic carbocycles. The fourth-order valence-corrected chi connectivity index (χ4v) is 2.64. The molecule has 0 aromatic heterocycles. The molecule has 7 nitrogen and oxygen atoms in total. The van der Waals surface area contributed by atoms with Crippen LogP contribution in [0.4, 0.5) is 5.69 Å². The Morgan fingerprint density at radius 1 is 1.23 bits per heavy atom. The summed E-state index contributed by atoms with van der Waals surface area (Å²) in [6, 6.07) is 4.90. The summed E-state index contributed by atoms with van der Waals surface area (Å²) in [6.07, 6.45) is 1.16. The van der Waals surface area contributed by atoms with Crippen molar-refractivity contribution in [1.82, 2.24) is 10.6 Å². The van der Waals surface area contributed by atoms with Crippen LogP contribution in [0.5, 0.6) is 0 Å². The van der Waals surface area contributed by atoms with E-state index in [-0.39, 0.29) is 48.6 Å². The third kappa shape index (κ3) is 5.71. The monoisotopic (exact) mass is 382 g/mol. The van der Waals surface area contributed by atoms with E-state index < -0.39 is 6.04 Å². The van der Waals surface area contributed by atoms with Gasteiger partial charge >= 0.3 is 0 Å². The summed E-state index contributed by atoms with van der Waals surface area (Å²) < 4.78 is 0. The number of fused-ring (bicyclic) bond motifs is 1. The van der Waals surface area contributed by atoms with Crippen LogP contribution >= 0.6 is 12.4 Å². The molecular formula is C18H27ClN4O3. The average molecular weight is 383 g/mol. The van der Waals surface area contributed by atoms with Crippen molar-refractivity contribution < 1.29 is 14.4 Å². The van der Waals surface area contributed by atoms with Gasteiger partial charge in [-0.3, -0.25) is 14.4 Å². The van der Waals surface area contributed by atoms with E-state index in [1.165, 1.54) is 0 Å². The van der Waals surface area contributed by atoms with E-state index in [0.29, 0.717) is 12.8 Å². The van der Waals surface area contributed by atoms with Gasteiger partial charge in [0, 0.05) is 12.1 Å². The predicted molar refractivity (Wildman–Crippen MR) is 103 cm³/mol. The standard InChI is InChI=1S/C18H26N4O3.ClH/c1-10(2)17(19)18(25)20-9-16(24)21-11(3)12-4-6-14-13(8-12)5-7-15(23)22-14;/h4,6,8,10-11,17H,5,7,9,19H2,1-3H3,(H,20,25)(H,21,24)(H,22,23);1H/t11?,17-;/m0./s1. The third-order valence-electron chi connectivity index (χ3n) is 4.35. The van der Waals surface area contributed by atoms with Gasteiger partial charge < -0.3 is 21.7 Å². The Balaban J connectivity index is 0.00000338. The molecule has 1 aromatic carbocycles. The summed E-state index contributed by atoms with van der Waals surface area (Å²) in [6.45, 7) is 5.48. The number of hydrogen-bond donors (Lipinski definition) is 4. The molecule has 144 valence electrons. The Morgan fingerprint density at radius 3 is 2.58 bits per heavy atom. The zero-order chi connectivity index (χ0) is 18.6. The highest BCUT2D eigenvalue weighted by atomic mass is 35.5. The molecule has 2 rings (SSSR count). The van der Waals surface area contributed by atoms with Crippen LogP contribution in [0.25, 0.3) is 0 Å². The summed E-state index contributed by atoms with van der Waals surface area (Å²) in [7, 11) is 0. The SMILES string of the molecule is CC(NC(=O)CNC(=O)[C@@H](N)C(C)C)c1ccc2c(c1)CCC(=O)N2.Cl. The van der Waals surface area contributed by atoms with Gasteiger partial charge in [-0.1, -0.05) is 26.0 Å². The number of rotatable bonds is 6. The molecule has 1 aromatic rings. The van der Waals surface area contributed by atoms with E-state index in [0.717, 1.165) is 16.8 Å². The molecule has 2 atom stereocenters. The fraction of sp³-hybridized carbons (Fsp3) is 0.500. The van der Waals surface area contributed by atoms with Crippen molar-refractivity contribution in [2.45, 2.75) is 45.7 Å². The normalized spacial score (nSPS) is 15.2. The number of amides is 3. The van der Waals surface area contributed by atoms with Crippen LogP contribution in [0.2, 0.25) is 0 Å². The maximum atomic E-state index is 12.0. The zero-order valence-corrected chi connectivity index (χ0v) is 16.1. The molecule has 26 heavy (non-hydrogen) atoms. The summed E-state index contributed by atoms with van der Waals surface area (Å²) in [4.78, 5) is 35.2. The second-order valence-corrected chi connectivity index (χ2v) is 6.74. The van der Waals surface area contributed by atoms with Crippen LogP contribution in [-0.2, 0) is 20.8 Å². The van der Waals surface area contributed by atoms with Crippen molar-refractivity contribution in [3.8, 4) is 0 Å². The number of carbonyl (C=O) groups is 3. The molecule has 3 amide bonds. The van der Waals surface area contributed by atoms with Crippen LogP contribution in [0.15, 0.2) is 18.2 Å². The number of anilines is 1. The molecule has 1 aliphatic heterocycles. The minimum atomic E-state index is -0.624. The quantitative estimate of drug-likeness (QED) is 0.593. The van der Waals surface area contributed by atoms with E-state index in [1.54, 1.807) is 0 Å². The molecule has 5 N–H and O–H groups in total. The van der Waals surface area contributed by atoms with Gasteiger partial charge in [-0.25, -0.2) is 0 Å². The third-order valence-corrected chi connectivity index (χ3v) is 4.35. The summed E-state index contributed by atoms with van der Waals surface area (Å²) in [5, 5.41) is 8.24. The van der Waals surface area contributed by atoms with E-state index in [9.17, 15) is 14.4 Å². The summed E-state index contributed by atoms with van der Waals surface area (Å²) in [5.41, 5.74) is 8.58. The number of nitrogens with one attached hydrogen (secondary N) is 3. The van der Waals surface area contributed by atoms with Crippen molar-refractivity contribution in [2.24, 2.45) is 11.7 Å². The first-order chi connectivity index (χ1) is 11.8. The molecule has 0 bridgehead atoms. The first kappa shape index (κ1) is 21.9. The van der Waals surface area contributed by atoms with Crippen LogP contribution in [0, 0.1) is 5.92 Å². The molecule has 0 spiro atoms. The molecule has 0 saturated carbocycles. The van der Waals surface area contributed by atoms with E-state index in [2.05, 4.69) is 16.0 Å². The number of aryl methyl sites for hydroxylation is 1. The second-order valence-electron chi connectivity index (χ2n) is 6.74. The number of nitrogens with two attached hydrogens (primary N) is 1. The van der Waals surface area contributed by atoms with Crippen molar-refractivity contribution in [1.29, 1.82) is 0 Å². The Kier molecular flexibility index (Phi) is 8.05. The average Bonchev–Trinajstić information content (AvgIpc) is 2.58. The second kappa shape index (κ2) is 9.54. The highest BCUT2D eigenvalue weighted by molar-refractivity contribution is 5.94. The largest absolute Gasteiger partial charge is 0.348 e. The summed E-state index contributed by atoms with van der Waals surface area (Å²) >= 11 is 0. The number of hydrogen-bond acceptors (Lipinski definition) is 4. The molecule has 0 fully saturated rings. The van der Waals surface area contributed by atoms with Crippen molar-refractivity contribution in [3.63, 3.8) is 0 Å². The number of halogens is 1. The highest BCUT2D eigenvalue weighted by Gasteiger charge is 2.19. The topological polar surface area (TPSA) is 113 Å². The van der Waals surface area contributed by atoms with Crippen molar-refractivity contribution >= 4 is 35.8 Å². The lowest BCUT2D eigenvalue weighted by Crippen LogP contribution is -2.47. The Hall–Kier alpha value is -2.12. The summed E-state index contributed by atoms with van der Waals surface area (Å²) in [5.74, 6) is -0.569. The molecule has 0 saturated heterocycles. The fourth-order valence-electron chi connectivity index (χ4n) is 2.64. The number of benzene rings is 1. The highest BCUT2D eigenvalue weighted by Crippen LogP contribution is 2.26. The van der Waals surface area contributed by atoms with E-state index in [1.807, 2.05) is 39.0 Å². The van der Waals surface area contributed by atoms with Crippen molar-refractivity contribution in [2.75, 3.05) is 11.9 Å². The van der Waals surface area contributed by atoms with Gasteiger partial charge in [0.05, 0.1) is 18.6 Å². The minimum absolute atomic E-state index is 0. The molecular weight excluding hydrogens is 356 g/mol. The Bertz CT molecular complexity index is 678. The lowest BCUT2D eigenvalue weighted by molar-refractivity contribution is -0.127. The molecule has 1 heterocycles. The lowest BCUT2D eigenvalue weighted by atomic mass is 9.98. The molecule has 8 heteroatoms. The number of carbonyl (C=O) groups excluding carboxylic acids is 3. The predicted octanol–water partition coefficient (Wildman–Crippen LogP) is 1.27. The molecule has 1 unspecified atom stereocenters. The lowest BCUT2D eigenvalue weighted by Gasteiger charge is -2.21. The van der Waals surface area contributed by atoms with Crippen LogP contribution in [0.1, 0.15) is 44.4 Å². The van der Waals surface area contributed by atoms with E-state index in [4.69, 9.17) is 5.73 Å². The first-order valence-corrected chi connectivity index (χ1v) is 8.53. The van der Waals surface area contributed by atoms with Crippen LogP contribution in [0.3, 0.4) is 0 Å². The van der Waals surface area contributed by atoms with Crippen molar-refractivity contribution in [3.05, 3.63) is 29.3 Å². The first-order valence-electron chi connectivity index (χ1n) is 8.53. The molecule has 0 radical (unpaired) electrons. The van der Waals surface area contributed by atoms with Gasteiger partial charge in [0.1, 0.15) is 0 Å². The van der Waals surface area contributed by atoms with Gasteiger partial charge in [0.2, 0.25) is 17.7 Å². The van der Waals surface area contributed by atoms with E-state index >= 15 is 0 Å². The van der Waals surface area contributed by atoms with Gasteiger partial charge in [-0.2, -0.15) is 0 Å². The van der Waals surface area contributed by atoms with Gasteiger partial charge in [-0.05, 0) is 36.5 Å². The maximum absolute atomic E-state index is 12.0. The van der Waals surface area contributed by atoms with Gasteiger partial charge in [-0.15, -0.1) is 12.4 Å². The minimum Gasteiger partial charge on any atom is -0.348 e. The van der Waals surface area contributed by atoms with Gasteiger partial charge in [0.25, 0.3) is 0 Å². The Morgan fingerprint density at radius 2 is 1.92 bits per heavy atom. The van der Waals surface area contributed by atoms with Crippen LogP contribution in [-0.4, -0.2) is 30.3 Å².